The molecule has 21 heavy (non-hydrogen) atoms. The molecule has 106 valence electrons. The van der Waals surface area contributed by atoms with Gasteiger partial charge in [0.05, 0.1) is 5.92 Å². The molecule has 0 bridgehead atoms. The van der Waals surface area contributed by atoms with Gasteiger partial charge in [-0.1, -0.05) is 55.5 Å². The first kappa shape index (κ1) is 13.6. The summed E-state index contributed by atoms with van der Waals surface area (Å²) in [6, 6.07) is 18.4. The summed E-state index contributed by atoms with van der Waals surface area (Å²) in [5, 5.41) is 8.49. The number of aryl methyl sites for hydroxylation is 1. The SMILES string of the molecule is CCC(c1ccccc1)c1nnc(-c2ccccc2C)o1. The zero-order valence-electron chi connectivity index (χ0n) is 12.3. The summed E-state index contributed by atoms with van der Waals surface area (Å²) < 4.78 is 5.94. The molecule has 1 aromatic heterocycles. The second kappa shape index (κ2) is 5.92. The van der Waals surface area contributed by atoms with Gasteiger partial charge in [0.1, 0.15) is 0 Å². The number of aromatic nitrogens is 2. The maximum Gasteiger partial charge on any atom is 0.248 e. The molecule has 0 saturated heterocycles. The molecule has 0 N–H and O–H groups in total. The minimum atomic E-state index is 0.150. The molecule has 0 fully saturated rings. The van der Waals surface area contributed by atoms with Gasteiger partial charge >= 0.3 is 0 Å². The van der Waals surface area contributed by atoms with Gasteiger partial charge in [-0.3, -0.25) is 0 Å². The lowest BCUT2D eigenvalue weighted by Crippen LogP contribution is -1.99. The molecule has 3 rings (SSSR count). The van der Waals surface area contributed by atoms with Gasteiger partial charge in [0.15, 0.2) is 0 Å². The van der Waals surface area contributed by atoms with Gasteiger partial charge in [-0.05, 0) is 30.5 Å². The number of rotatable bonds is 4. The molecule has 3 aromatic rings. The number of hydrogen-bond acceptors (Lipinski definition) is 3. The first-order chi connectivity index (χ1) is 10.3. The van der Waals surface area contributed by atoms with Crippen molar-refractivity contribution in [3.05, 3.63) is 71.6 Å². The third kappa shape index (κ3) is 2.72. The Morgan fingerprint density at radius 3 is 2.38 bits per heavy atom. The van der Waals surface area contributed by atoms with E-state index in [4.69, 9.17) is 4.42 Å². The van der Waals surface area contributed by atoms with E-state index in [1.807, 2.05) is 49.4 Å². The van der Waals surface area contributed by atoms with Crippen molar-refractivity contribution in [1.29, 1.82) is 0 Å². The highest BCUT2D eigenvalue weighted by molar-refractivity contribution is 5.57. The molecule has 1 unspecified atom stereocenters. The Balaban J connectivity index is 1.96. The third-order valence-corrected chi connectivity index (χ3v) is 3.72. The lowest BCUT2D eigenvalue weighted by molar-refractivity contribution is 0.474. The first-order valence-corrected chi connectivity index (χ1v) is 7.24. The van der Waals surface area contributed by atoms with Gasteiger partial charge in [0, 0.05) is 5.56 Å². The summed E-state index contributed by atoms with van der Waals surface area (Å²) in [6.07, 6.45) is 0.930. The molecule has 3 heteroatoms. The lowest BCUT2D eigenvalue weighted by atomic mass is 9.97. The summed E-state index contributed by atoms with van der Waals surface area (Å²) >= 11 is 0. The Morgan fingerprint density at radius 2 is 1.67 bits per heavy atom. The summed E-state index contributed by atoms with van der Waals surface area (Å²) in [5.41, 5.74) is 3.35. The monoisotopic (exact) mass is 278 g/mol. The summed E-state index contributed by atoms with van der Waals surface area (Å²) in [6.45, 7) is 4.18. The molecule has 2 aromatic carbocycles. The Labute approximate surface area is 124 Å². The van der Waals surface area contributed by atoms with Crippen LogP contribution < -0.4 is 0 Å². The minimum Gasteiger partial charge on any atom is -0.420 e. The van der Waals surface area contributed by atoms with E-state index in [0.29, 0.717) is 11.8 Å². The highest BCUT2D eigenvalue weighted by Gasteiger charge is 2.19. The number of hydrogen-bond donors (Lipinski definition) is 0. The quantitative estimate of drug-likeness (QED) is 0.700. The van der Waals surface area contributed by atoms with Crippen molar-refractivity contribution in [2.75, 3.05) is 0 Å². The zero-order chi connectivity index (χ0) is 14.7. The molecular formula is C18H18N2O. The Bertz CT molecular complexity index is 719. The van der Waals surface area contributed by atoms with E-state index in [-0.39, 0.29) is 5.92 Å². The molecule has 0 aliphatic heterocycles. The van der Waals surface area contributed by atoms with E-state index in [1.54, 1.807) is 0 Å². The minimum absolute atomic E-state index is 0.150. The van der Waals surface area contributed by atoms with Crippen molar-refractivity contribution in [3.8, 4) is 11.5 Å². The second-order valence-electron chi connectivity index (χ2n) is 5.13. The van der Waals surface area contributed by atoms with E-state index >= 15 is 0 Å². The molecular weight excluding hydrogens is 260 g/mol. The first-order valence-electron chi connectivity index (χ1n) is 7.24. The molecule has 0 aliphatic carbocycles. The van der Waals surface area contributed by atoms with Gasteiger partial charge < -0.3 is 4.42 Å². The van der Waals surface area contributed by atoms with E-state index < -0.39 is 0 Å². The van der Waals surface area contributed by atoms with Crippen LogP contribution in [0.2, 0.25) is 0 Å². The fourth-order valence-corrected chi connectivity index (χ4v) is 2.54. The number of benzene rings is 2. The standard InChI is InChI=1S/C18H18N2O/c1-3-15(14-10-5-4-6-11-14)17-19-20-18(21-17)16-12-8-7-9-13(16)2/h4-12,15H,3H2,1-2H3. The van der Waals surface area contributed by atoms with Crippen molar-refractivity contribution in [3.63, 3.8) is 0 Å². The van der Waals surface area contributed by atoms with E-state index in [0.717, 1.165) is 17.5 Å². The third-order valence-electron chi connectivity index (χ3n) is 3.72. The van der Waals surface area contributed by atoms with Crippen LogP contribution in [0.4, 0.5) is 0 Å². The van der Waals surface area contributed by atoms with E-state index in [9.17, 15) is 0 Å². The van der Waals surface area contributed by atoms with Crippen molar-refractivity contribution in [1.82, 2.24) is 10.2 Å². The average molecular weight is 278 g/mol. The molecule has 1 heterocycles. The van der Waals surface area contributed by atoms with Gasteiger partial charge in [0.25, 0.3) is 0 Å². The average Bonchev–Trinajstić information content (AvgIpc) is 2.99. The second-order valence-corrected chi connectivity index (χ2v) is 5.13. The van der Waals surface area contributed by atoms with Crippen LogP contribution in [0.5, 0.6) is 0 Å². The van der Waals surface area contributed by atoms with E-state index in [2.05, 4.69) is 29.3 Å². The largest absolute Gasteiger partial charge is 0.420 e. The molecule has 3 nitrogen and oxygen atoms in total. The smallest absolute Gasteiger partial charge is 0.248 e. The van der Waals surface area contributed by atoms with Crippen LogP contribution in [0.15, 0.2) is 59.0 Å². The van der Waals surface area contributed by atoms with Gasteiger partial charge in [0.2, 0.25) is 11.8 Å². The fraction of sp³-hybridized carbons (Fsp3) is 0.222. The van der Waals surface area contributed by atoms with Gasteiger partial charge in [-0.15, -0.1) is 10.2 Å². The molecule has 0 saturated carbocycles. The highest BCUT2D eigenvalue weighted by atomic mass is 16.4. The van der Waals surface area contributed by atoms with E-state index in [1.165, 1.54) is 5.56 Å². The van der Waals surface area contributed by atoms with Crippen molar-refractivity contribution >= 4 is 0 Å². The predicted octanol–water partition coefficient (Wildman–Crippen LogP) is 4.59. The zero-order valence-corrected chi connectivity index (χ0v) is 12.3. The normalized spacial score (nSPS) is 12.3. The van der Waals surface area contributed by atoms with Crippen molar-refractivity contribution < 1.29 is 4.42 Å². The summed E-state index contributed by atoms with van der Waals surface area (Å²) in [4.78, 5) is 0. The van der Waals surface area contributed by atoms with Crippen LogP contribution in [-0.4, -0.2) is 10.2 Å². The summed E-state index contributed by atoms with van der Waals surface area (Å²) in [7, 11) is 0. The Hall–Kier alpha value is -2.42. The Kier molecular flexibility index (Phi) is 3.82. The Morgan fingerprint density at radius 1 is 0.952 bits per heavy atom. The maximum atomic E-state index is 5.94. The van der Waals surface area contributed by atoms with Gasteiger partial charge in [-0.25, -0.2) is 0 Å². The topological polar surface area (TPSA) is 38.9 Å². The van der Waals surface area contributed by atoms with Crippen LogP contribution in [-0.2, 0) is 0 Å². The highest BCUT2D eigenvalue weighted by Crippen LogP contribution is 2.29. The molecule has 0 spiro atoms. The van der Waals surface area contributed by atoms with Crippen molar-refractivity contribution in [2.24, 2.45) is 0 Å². The predicted molar refractivity (Wildman–Crippen MR) is 83.0 cm³/mol. The maximum absolute atomic E-state index is 5.94. The van der Waals surface area contributed by atoms with Crippen LogP contribution in [0.3, 0.4) is 0 Å². The van der Waals surface area contributed by atoms with Crippen LogP contribution >= 0.6 is 0 Å². The molecule has 0 radical (unpaired) electrons. The number of nitrogens with zero attached hydrogens (tertiary/aromatic N) is 2. The fourth-order valence-electron chi connectivity index (χ4n) is 2.54. The molecule has 0 amide bonds. The lowest BCUT2D eigenvalue weighted by Gasteiger charge is -2.10. The van der Waals surface area contributed by atoms with Crippen LogP contribution in [0.1, 0.15) is 36.3 Å². The molecule has 0 aliphatic rings. The van der Waals surface area contributed by atoms with Crippen molar-refractivity contribution in [2.45, 2.75) is 26.2 Å². The van der Waals surface area contributed by atoms with Crippen LogP contribution in [0, 0.1) is 6.92 Å². The summed E-state index contributed by atoms with van der Waals surface area (Å²) in [5.74, 6) is 1.43. The van der Waals surface area contributed by atoms with Crippen LogP contribution in [0.25, 0.3) is 11.5 Å². The molecule has 1 atom stereocenters. The van der Waals surface area contributed by atoms with Gasteiger partial charge in [-0.2, -0.15) is 0 Å².